The van der Waals surface area contributed by atoms with Gasteiger partial charge in [-0.3, -0.25) is 0 Å². The molecule has 0 aliphatic carbocycles. The molecule has 0 heterocycles. The second-order valence-electron chi connectivity index (χ2n) is 3.44. The van der Waals surface area contributed by atoms with Crippen LogP contribution in [0.5, 0.6) is 0 Å². The highest BCUT2D eigenvalue weighted by molar-refractivity contribution is 14.1. The van der Waals surface area contributed by atoms with Crippen LogP contribution in [0.2, 0.25) is 0 Å². The van der Waals surface area contributed by atoms with Gasteiger partial charge in [-0.1, -0.05) is 48.2 Å². The molecule has 0 saturated carbocycles. The Morgan fingerprint density at radius 2 is 1.56 bits per heavy atom. The highest BCUT2D eigenvalue weighted by Crippen LogP contribution is 2.11. The molecule has 0 radical (unpaired) electrons. The second-order valence-corrected chi connectivity index (χ2v) is 4.60. The van der Waals surface area contributed by atoms with Crippen molar-refractivity contribution in [1.29, 1.82) is 0 Å². The highest BCUT2D eigenvalue weighted by atomic mass is 127. The molecule has 0 nitrogen and oxygen atoms in total. The van der Waals surface area contributed by atoms with Gasteiger partial charge in [-0.15, -0.1) is 0 Å². The summed E-state index contributed by atoms with van der Waals surface area (Å²) in [6.45, 7) is 0. The monoisotopic (exact) mass is 318 g/mol. The van der Waals surface area contributed by atoms with Crippen molar-refractivity contribution in [2.45, 2.75) is 6.42 Å². The van der Waals surface area contributed by atoms with Crippen molar-refractivity contribution in [2.75, 3.05) is 0 Å². The van der Waals surface area contributed by atoms with Crippen molar-refractivity contribution in [2.24, 2.45) is 0 Å². The number of hydrogen-bond acceptors (Lipinski definition) is 0. The predicted molar refractivity (Wildman–Crippen MR) is 76.2 cm³/mol. The minimum Gasteiger partial charge on any atom is -0.0931 e. The molecule has 0 N–H and O–H groups in total. The fraction of sp³-hybridized carbons (Fsp3) is 0.0667. The van der Waals surface area contributed by atoms with Gasteiger partial charge in [0.15, 0.2) is 0 Å². The summed E-state index contributed by atoms with van der Waals surface area (Å²) in [5.74, 6) is 6.37. The standard InChI is InChI=1S/C15H11I/c16-15-12-5-4-10-14(15)11-6-9-13-7-2-1-3-8-13/h1-5,7-8,10,12H,11H2. The minimum atomic E-state index is 0.813. The van der Waals surface area contributed by atoms with Gasteiger partial charge in [-0.05, 0) is 46.4 Å². The van der Waals surface area contributed by atoms with Gasteiger partial charge in [0, 0.05) is 15.6 Å². The van der Waals surface area contributed by atoms with Crippen LogP contribution in [0.15, 0.2) is 54.6 Å². The first-order valence-corrected chi connectivity index (χ1v) is 6.21. The number of rotatable bonds is 1. The van der Waals surface area contributed by atoms with Crippen molar-refractivity contribution >= 4 is 22.6 Å². The Kier molecular flexibility index (Phi) is 4.01. The van der Waals surface area contributed by atoms with E-state index in [1.165, 1.54) is 9.13 Å². The van der Waals surface area contributed by atoms with Gasteiger partial charge in [-0.25, -0.2) is 0 Å². The Morgan fingerprint density at radius 3 is 2.31 bits per heavy atom. The van der Waals surface area contributed by atoms with Crippen LogP contribution in [0.3, 0.4) is 0 Å². The van der Waals surface area contributed by atoms with Crippen molar-refractivity contribution in [3.05, 3.63) is 69.3 Å². The molecule has 16 heavy (non-hydrogen) atoms. The third kappa shape index (κ3) is 3.11. The zero-order chi connectivity index (χ0) is 11.2. The van der Waals surface area contributed by atoms with E-state index in [9.17, 15) is 0 Å². The molecule has 0 fully saturated rings. The summed E-state index contributed by atoms with van der Waals surface area (Å²) < 4.78 is 1.28. The zero-order valence-electron chi connectivity index (χ0n) is 8.78. The van der Waals surface area contributed by atoms with E-state index >= 15 is 0 Å². The molecule has 1 heteroatoms. The lowest BCUT2D eigenvalue weighted by Crippen LogP contribution is -1.85. The summed E-state index contributed by atoms with van der Waals surface area (Å²) in [6.07, 6.45) is 0.813. The number of hydrogen-bond donors (Lipinski definition) is 0. The van der Waals surface area contributed by atoms with E-state index in [1.807, 2.05) is 30.3 Å². The first-order chi connectivity index (χ1) is 7.86. The lowest BCUT2D eigenvalue weighted by Gasteiger charge is -1.97. The summed E-state index contributed by atoms with van der Waals surface area (Å²) in [7, 11) is 0. The fourth-order valence-electron chi connectivity index (χ4n) is 1.40. The molecule has 78 valence electrons. The van der Waals surface area contributed by atoms with E-state index in [2.05, 4.69) is 58.7 Å². The second kappa shape index (κ2) is 5.72. The van der Waals surface area contributed by atoms with E-state index < -0.39 is 0 Å². The van der Waals surface area contributed by atoms with Crippen LogP contribution in [0, 0.1) is 15.4 Å². The molecule has 2 aromatic carbocycles. The van der Waals surface area contributed by atoms with Gasteiger partial charge in [0.1, 0.15) is 0 Å². The van der Waals surface area contributed by atoms with E-state index in [4.69, 9.17) is 0 Å². The van der Waals surface area contributed by atoms with Crippen LogP contribution in [-0.2, 0) is 6.42 Å². The van der Waals surface area contributed by atoms with E-state index in [1.54, 1.807) is 0 Å². The molecular weight excluding hydrogens is 307 g/mol. The Labute approximate surface area is 110 Å². The Hall–Kier alpha value is -1.27. The molecule has 0 atom stereocenters. The Balaban J connectivity index is 2.09. The molecule has 0 bridgehead atoms. The lowest BCUT2D eigenvalue weighted by molar-refractivity contribution is 1.29. The summed E-state index contributed by atoms with van der Waals surface area (Å²) in [4.78, 5) is 0. The van der Waals surface area contributed by atoms with Crippen LogP contribution in [0.25, 0.3) is 0 Å². The average Bonchev–Trinajstić information content (AvgIpc) is 2.33. The van der Waals surface area contributed by atoms with Crippen LogP contribution in [0.1, 0.15) is 11.1 Å². The summed E-state index contributed by atoms with van der Waals surface area (Å²) in [5.41, 5.74) is 2.37. The van der Waals surface area contributed by atoms with Gasteiger partial charge in [0.2, 0.25) is 0 Å². The van der Waals surface area contributed by atoms with Gasteiger partial charge in [-0.2, -0.15) is 0 Å². The Morgan fingerprint density at radius 1 is 0.875 bits per heavy atom. The van der Waals surface area contributed by atoms with Crippen molar-refractivity contribution in [3.8, 4) is 11.8 Å². The van der Waals surface area contributed by atoms with E-state index in [0.717, 1.165) is 12.0 Å². The fourth-order valence-corrected chi connectivity index (χ4v) is 1.98. The van der Waals surface area contributed by atoms with E-state index in [0.29, 0.717) is 0 Å². The smallest absolute Gasteiger partial charge is 0.0354 e. The average molecular weight is 318 g/mol. The molecule has 0 aromatic heterocycles. The molecule has 2 rings (SSSR count). The quantitative estimate of drug-likeness (QED) is 0.553. The van der Waals surface area contributed by atoms with Crippen LogP contribution < -0.4 is 0 Å². The molecular formula is C15H11I. The summed E-state index contributed by atoms with van der Waals surface area (Å²) in [5, 5.41) is 0. The van der Waals surface area contributed by atoms with Crippen LogP contribution in [0.4, 0.5) is 0 Å². The van der Waals surface area contributed by atoms with Gasteiger partial charge < -0.3 is 0 Å². The van der Waals surface area contributed by atoms with Crippen LogP contribution >= 0.6 is 22.6 Å². The topological polar surface area (TPSA) is 0 Å². The third-order valence-corrected chi connectivity index (χ3v) is 3.30. The molecule has 0 aliphatic rings. The maximum absolute atomic E-state index is 3.20. The first kappa shape index (κ1) is 11.2. The predicted octanol–water partition coefficient (Wildman–Crippen LogP) is 3.89. The molecule has 0 saturated heterocycles. The van der Waals surface area contributed by atoms with Crippen LogP contribution in [-0.4, -0.2) is 0 Å². The molecule has 0 aliphatic heterocycles. The highest BCUT2D eigenvalue weighted by Gasteiger charge is 1.94. The molecule has 0 amide bonds. The number of benzene rings is 2. The molecule has 2 aromatic rings. The maximum atomic E-state index is 3.20. The zero-order valence-corrected chi connectivity index (χ0v) is 10.9. The van der Waals surface area contributed by atoms with E-state index in [-0.39, 0.29) is 0 Å². The number of halogens is 1. The largest absolute Gasteiger partial charge is 0.0931 e. The third-order valence-electron chi connectivity index (χ3n) is 2.24. The van der Waals surface area contributed by atoms with Gasteiger partial charge in [0.25, 0.3) is 0 Å². The van der Waals surface area contributed by atoms with Crippen molar-refractivity contribution < 1.29 is 0 Å². The lowest BCUT2D eigenvalue weighted by atomic mass is 10.1. The van der Waals surface area contributed by atoms with Gasteiger partial charge >= 0.3 is 0 Å². The van der Waals surface area contributed by atoms with Gasteiger partial charge in [0.05, 0.1) is 0 Å². The molecule has 0 unspecified atom stereocenters. The maximum Gasteiger partial charge on any atom is 0.0354 e. The minimum absolute atomic E-state index is 0.813. The molecule has 0 spiro atoms. The SMILES string of the molecule is Ic1ccccc1CC#Cc1ccccc1. The normalized spacial score (nSPS) is 9.31. The van der Waals surface area contributed by atoms with Crippen molar-refractivity contribution in [3.63, 3.8) is 0 Å². The summed E-state index contributed by atoms with van der Waals surface area (Å²) >= 11 is 2.35. The van der Waals surface area contributed by atoms with Crippen molar-refractivity contribution in [1.82, 2.24) is 0 Å². The Bertz CT molecular complexity index is 518. The first-order valence-electron chi connectivity index (χ1n) is 5.13. The summed E-state index contributed by atoms with van der Waals surface area (Å²) in [6, 6.07) is 18.4.